The lowest BCUT2D eigenvalue weighted by Crippen LogP contribution is -2.41. The Balaban J connectivity index is 1.86. The average molecular weight is 395 g/mol. The van der Waals surface area contributed by atoms with E-state index in [0.29, 0.717) is 11.5 Å². The lowest BCUT2D eigenvalue weighted by molar-refractivity contribution is 0.00578. The molecule has 1 aliphatic rings. The molecule has 0 bridgehead atoms. The third kappa shape index (κ3) is 3.85. The molecule has 1 saturated heterocycles. The Kier molecular flexibility index (Phi) is 4.82. The van der Waals surface area contributed by atoms with E-state index in [-0.39, 0.29) is 5.69 Å². The normalized spacial score (nSPS) is 18.5. The van der Waals surface area contributed by atoms with Crippen molar-refractivity contribution in [3.8, 4) is 0 Å². The van der Waals surface area contributed by atoms with Crippen molar-refractivity contribution >= 4 is 28.3 Å². The fraction of sp³-hybridized carbons (Fsp3) is 0.333. The molecule has 1 aliphatic heterocycles. The highest BCUT2D eigenvalue weighted by Crippen LogP contribution is 2.36. The third-order valence-corrected chi connectivity index (χ3v) is 6.26. The second kappa shape index (κ2) is 6.58. The summed E-state index contributed by atoms with van der Waals surface area (Å²) >= 11 is 0. The van der Waals surface area contributed by atoms with Crippen molar-refractivity contribution < 1.29 is 26.5 Å². The van der Waals surface area contributed by atoms with E-state index in [2.05, 4.69) is 4.72 Å². The van der Waals surface area contributed by atoms with Crippen LogP contribution in [0.25, 0.3) is 0 Å². The first kappa shape index (κ1) is 19.8. The number of rotatable bonds is 4. The summed E-state index contributed by atoms with van der Waals surface area (Å²) in [6.45, 7) is 7.65. The first-order valence-electron chi connectivity index (χ1n) is 8.35. The van der Waals surface area contributed by atoms with Crippen molar-refractivity contribution in [3.05, 3.63) is 54.1 Å². The molecule has 1 N–H and O–H groups in total. The smallest absolute Gasteiger partial charge is 0.399 e. The fourth-order valence-corrected chi connectivity index (χ4v) is 3.74. The van der Waals surface area contributed by atoms with Gasteiger partial charge in [0.15, 0.2) is 0 Å². The van der Waals surface area contributed by atoms with Gasteiger partial charge in [-0.05, 0) is 57.4 Å². The summed E-state index contributed by atoms with van der Waals surface area (Å²) in [4.78, 5) is -0.634. The van der Waals surface area contributed by atoms with E-state index in [9.17, 15) is 17.2 Å². The molecule has 144 valence electrons. The second-order valence-corrected chi connectivity index (χ2v) is 9.04. The molecule has 2 aromatic rings. The van der Waals surface area contributed by atoms with Crippen molar-refractivity contribution in [3.63, 3.8) is 0 Å². The molecule has 5 nitrogen and oxygen atoms in total. The Morgan fingerprint density at radius 3 is 2.19 bits per heavy atom. The van der Waals surface area contributed by atoms with Crippen LogP contribution >= 0.6 is 0 Å². The molecule has 0 aromatic heterocycles. The summed E-state index contributed by atoms with van der Waals surface area (Å²) in [5.41, 5.74) is -0.242. The number of benzene rings is 2. The zero-order valence-electron chi connectivity index (χ0n) is 15.4. The van der Waals surface area contributed by atoms with Gasteiger partial charge in [-0.3, -0.25) is 4.72 Å². The van der Waals surface area contributed by atoms with Gasteiger partial charge in [0, 0.05) is 11.8 Å². The third-order valence-electron chi connectivity index (χ3n) is 4.85. The minimum absolute atomic E-state index is 0.214. The van der Waals surface area contributed by atoms with Gasteiger partial charge in [-0.1, -0.05) is 12.1 Å². The maximum absolute atomic E-state index is 13.8. The van der Waals surface area contributed by atoms with Crippen molar-refractivity contribution in [1.29, 1.82) is 0 Å². The van der Waals surface area contributed by atoms with E-state index in [1.165, 1.54) is 6.07 Å². The lowest BCUT2D eigenvalue weighted by Gasteiger charge is -2.32. The minimum atomic E-state index is -4.22. The van der Waals surface area contributed by atoms with E-state index in [1.807, 2.05) is 27.7 Å². The van der Waals surface area contributed by atoms with Crippen LogP contribution in [0, 0.1) is 11.6 Å². The van der Waals surface area contributed by atoms with E-state index in [0.717, 1.165) is 12.1 Å². The molecular formula is C18H20BF2NO4S. The molecule has 27 heavy (non-hydrogen) atoms. The number of hydrogen-bond acceptors (Lipinski definition) is 4. The van der Waals surface area contributed by atoms with Crippen LogP contribution in [-0.4, -0.2) is 26.7 Å². The predicted molar refractivity (Wildman–Crippen MR) is 99.3 cm³/mol. The van der Waals surface area contributed by atoms with Gasteiger partial charge >= 0.3 is 7.12 Å². The van der Waals surface area contributed by atoms with Crippen LogP contribution in [0.4, 0.5) is 14.5 Å². The SMILES string of the molecule is CC1(C)OB(c2cccc(NS(=O)(=O)c3ccc(F)cc3F)c2)OC1(C)C. The quantitative estimate of drug-likeness (QED) is 0.809. The predicted octanol–water partition coefficient (Wildman–Crippen LogP) is 3.06. The van der Waals surface area contributed by atoms with Crippen molar-refractivity contribution in [2.24, 2.45) is 0 Å². The summed E-state index contributed by atoms with van der Waals surface area (Å²) in [7, 11) is -4.88. The zero-order chi connectivity index (χ0) is 20.0. The Hall–Kier alpha value is -1.97. The Morgan fingerprint density at radius 2 is 1.59 bits per heavy atom. The number of hydrogen-bond donors (Lipinski definition) is 1. The number of anilines is 1. The summed E-state index contributed by atoms with van der Waals surface area (Å²) in [5.74, 6) is -2.01. The summed E-state index contributed by atoms with van der Waals surface area (Å²) < 4.78 is 65.9. The molecule has 1 heterocycles. The summed E-state index contributed by atoms with van der Waals surface area (Å²) in [5, 5.41) is 0. The van der Waals surface area contributed by atoms with Crippen LogP contribution in [0.2, 0.25) is 0 Å². The minimum Gasteiger partial charge on any atom is -0.399 e. The highest BCUT2D eigenvalue weighted by molar-refractivity contribution is 7.92. The number of sulfonamides is 1. The molecule has 0 amide bonds. The molecular weight excluding hydrogens is 375 g/mol. The van der Waals surface area contributed by atoms with Gasteiger partial charge in [-0.2, -0.15) is 0 Å². The Labute approximate surface area is 157 Å². The maximum atomic E-state index is 13.8. The lowest BCUT2D eigenvalue weighted by atomic mass is 9.79. The van der Waals surface area contributed by atoms with Gasteiger partial charge < -0.3 is 9.31 Å². The second-order valence-electron chi connectivity index (χ2n) is 7.39. The van der Waals surface area contributed by atoms with Gasteiger partial charge in [-0.15, -0.1) is 0 Å². The Morgan fingerprint density at radius 1 is 0.963 bits per heavy atom. The molecule has 0 unspecified atom stereocenters. The molecule has 0 aliphatic carbocycles. The highest BCUT2D eigenvalue weighted by Gasteiger charge is 2.51. The van der Waals surface area contributed by atoms with Crippen LogP contribution in [0.5, 0.6) is 0 Å². The molecule has 0 radical (unpaired) electrons. The highest BCUT2D eigenvalue weighted by atomic mass is 32.2. The van der Waals surface area contributed by atoms with Crippen molar-refractivity contribution in [2.45, 2.75) is 43.8 Å². The topological polar surface area (TPSA) is 64.6 Å². The van der Waals surface area contributed by atoms with Gasteiger partial charge in [0.1, 0.15) is 16.5 Å². The van der Waals surface area contributed by atoms with E-state index < -0.39 is 44.9 Å². The molecule has 0 atom stereocenters. The van der Waals surface area contributed by atoms with Gasteiger partial charge in [0.2, 0.25) is 0 Å². The largest absolute Gasteiger partial charge is 0.494 e. The first-order valence-corrected chi connectivity index (χ1v) is 9.83. The van der Waals surface area contributed by atoms with Gasteiger partial charge in [0.05, 0.1) is 11.2 Å². The molecule has 2 aromatic carbocycles. The van der Waals surface area contributed by atoms with E-state index >= 15 is 0 Å². The first-order chi connectivity index (χ1) is 12.4. The zero-order valence-corrected chi connectivity index (χ0v) is 16.2. The summed E-state index contributed by atoms with van der Waals surface area (Å²) in [6, 6.07) is 8.76. The average Bonchev–Trinajstić information content (AvgIpc) is 2.75. The van der Waals surface area contributed by atoms with Crippen LogP contribution in [0.1, 0.15) is 27.7 Å². The van der Waals surface area contributed by atoms with E-state index in [1.54, 1.807) is 18.2 Å². The summed E-state index contributed by atoms with van der Waals surface area (Å²) in [6.07, 6.45) is 0. The van der Waals surface area contributed by atoms with Crippen molar-refractivity contribution in [2.75, 3.05) is 4.72 Å². The van der Waals surface area contributed by atoms with Gasteiger partial charge in [-0.25, -0.2) is 17.2 Å². The van der Waals surface area contributed by atoms with Gasteiger partial charge in [0.25, 0.3) is 10.0 Å². The van der Waals surface area contributed by atoms with Crippen LogP contribution in [-0.2, 0) is 19.3 Å². The monoisotopic (exact) mass is 395 g/mol. The number of halogens is 2. The molecule has 9 heteroatoms. The van der Waals surface area contributed by atoms with Crippen molar-refractivity contribution in [1.82, 2.24) is 0 Å². The number of nitrogens with one attached hydrogen (secondary N) is 1. The molecule has 3 rings (SSSR count). The molecule has 0 saturated carbocycles. The molecule has 0 spiro atoms. The van der Waals surface area contributed by atoms with E-state index in [4.69, 9.17) is 9.31 Å². The van der Waals surface area contributed by atoms with Crippen LogP contribution < -0.4 is 10.2 Å². The molecule has 1 fully saturated rings. The fourth-order valence-electron chi connectivity index (χ4n) is 2.63. The van der Waals surface area contributed by atoms with Crippen LogP contribution in [0.15, 0.2) is 47.4 Å². The Bertz CT molecular complexity index is 963. The van der Waals surface area contributed by atoms with Crippen LogP contribution in [0.3, 0.4) is 0 Å². The maximum Gasteiger partial charge on any atom is 0.494 e. The standard InChI is InChI=1S/C18H20BF2NO4S/c1-17(2)18(3,4)26-19(25-17)12-6-5-7-14(10-12)22-27(23,24)16-9-8-13(20)11-15(16)21/h5-11,22H,1-4H3.